The van der Waals surface area contributed by atoms with Crippen LogP contribution in [-0.4, -0.2) is 24.5 Å². The number of nitrogens with zero attached hydrogens (tertiary/aromatic N) is 1. The van der Waals surface area contributed by atoms with E-state index in [-0.39, 0.29) is 5.91 Å². The Balaban J connectivity index is 1.79. The van der Waals surface area contributed by atoms with E-state index in [1.54, 1.807) is 0 Å². The first-order valence-electron chi connectivity index (χ1n) is 6.77. The lowest BCUT2D eigenvalue weighted by molar-refractivity contribution is -0.119. The third-order valence-electron chi connectivity index (χ3n) is 3.71. The van der Waals surface area contributed by atoms with Crippen molar-refractivity contribution in [1.82, 2.24) is 10.3 Å². The maximum atomic E-state index is 11.3. The minimum Gasteiger partial charge on any atom is -0.373 e. The Kier molecular flexibility index (Phi) is 3.37. The molecule has 0 radical (unpaired) electrons. The molecular formula is C16H17N3O. The number of pyridine rings is 1. The molecule has 1 saturated heterocycles. The van der Waals surface area contributed by atoms with Gasteiger partial charge in [-0.05, 0) is 23.3 Å². The van der Waals surface area contributed by atoms with Crippen molar-refractivity contribution >= 4 is 11.7 Å². The SMILES string of the molecule is CNc1ccc(-c2ccc(C3CNC(=O)C3)cc2)cn1. The summed E-state index contributed by atoms with van der Waals surface area (Å²) in [6, 6.07) is 12.4. The molecule has 1 fully saturated rings. The molecule has 1 unspecified atom stereocenters. The second kappa shape index (κ2) is 5.33. The maximum absolute atomic E-state index is 11.3. The number of aromatic nitrogens is 1. The van der Waals surface area contributed by atoms with Gasteiger partial charge in [0.1, 0.15) is 5.82 Å². The highest BCUT2D eigenvalue weighted by Crippen LogP contribution is 2.26. The highest BCUT2D eigenvalue weighted by molar-refractivity contribution is 5.79. The van der Waals surface area contributed by atoms with Crippen LogP contribution in [0.1, 0.15) is 17.9 Å². The Labute approximate surface area is 118 Å². The lowest BCUT2D eigenvalue weighted by atomic mass is 9.96. The zero-order valence-electron chi connectivity index (χ0n) is 11.4. The third-order valence-corrected chi connectivity index (χ3v) is 3.71. The van der Waals surface area contributed by atoms with Crippen molar-refractivity contribution in [3.63, 3.8) is 0 Å². The molecule has 4 nitrogen and oxygen atoms in total. The molecule has 20 heavy (non-hydrogen) atoms. The normalized spacial score (nSPS) is 17.9. The first-order valence-corrected chi connectivity index (χ1v) is 6.77. The van der Waals surface area contributed by atoms with E-state index in [1.807, 2.05) is 19.3 Å². The van der Waals surface area contributed by atoms with Gasteiger partial charge in [-0.2, -0.15) is 0 Å². The second-order valence-corrected chi connectivity index (χ2v) is 5.01. The molecule has 2 aromatic rings. The van der Waals surface area contributed by atoms with Crippen molar-refractivity contribution < 1.29 is 4.79 Å². The average Bonchev–Trinajstić information content (AvgIpc) is 2.94. The van der Waals surface area contributed by atoms with Crippen LogP contribution in [0, 0.1) is 0 Å². The van der Waals surface area contributed by atoms with E-state index in [9.17, 15) is 4.79 Å². The van der Waals surface area contributed by atoms with E-state index in [4.69, 9.17) is 0 Å². The van der Waals surface area contributed by atoms with Gasteiger partial charge in [-0.25, -0.2) is 4.98 Å². The lowest BCUT2D eigenvalue weighted by Gasteiger charge is -2.09. The van der Waals surface area contributed by atoms with Crippen molar-refractivity contribution in [3.05, 3.63) is 48.2 Å². The van der Waals surface area contributed by atoms with Gasteiger partial charge in [-0.15, -0.1) is 0 Å². The van der Waals surface area contributed by atoms with E-state index in [2.05, 4.69) is 45.9 Å². The predicted molar refractivity (Wildman–Crippen MR) is 79.6 cm³/mol. The smallest absolute Gasteiger partial charge is 0.220 e. The first-order chi connectivity index (χ1) is 9.76. The Hall–Kier alpha value is -2.36. The predicted octanol–water partition coefficient (Wildman–Crippen LogP) is 2.39. The molecule has 4 heteroatoms. The standard InChI is InChI=1S/C16H17N3O/c1-17-15-7-6-13(9-18-15)11-2-4-12(5-3-11)14-8-16(20)19-10-14/h2-7,9,14H,8,10H2,1H3,(H,17,18)(H,19,20). The fourth-order valence-corrected chi connectivity index (χ4v) is 2.50. The van der Waals surface area contributed by atoms with Crippen LogP contribution in [0.25, 0.3) is 11.1 Å². The number of carbonyl (C=O) groups is 1. The molecule has 2 heterocycles. The van der Waals surface area contributed by atoms with Gasteiger partial charge in [0.25, 0.3) is 0 Å². The average molecular weight is 267 g/mol. The molecule has 2 N–H and O–H groups in total. The van der Waals surface area contributed by atoms with Gasteiger partial charge in [0, 0.05) is 37.7 Å². The summed E-state index contributed by atoms with van der Waals surface area (Å²) in [7, 11) is 1.85. The molecule has 3 rings (SSSR count). The largest absolute Gasteiger partial charge is 0.373 e. The van der Waals surface area contributed by atoms with Crippen LogP contribution in [-0.2, 0) is 4.79 Å². The Morgan fingerprint density at radius 1 is 1.15 bits per heavy atom. The number of nitrogens with one attached hydrogen (secondary N) is 2. The van der Waals surface area contributed by atoms with E-state index < -0.39 is 0 Å². The summed E-state index contributed by atoms with van der Waals surface area (Å²) in [5.74, 6) is 1.31. The van der Waals surface area contributed by atoms with Crippen LogP contribution >= 0.6 is 0 Å². The molecule has 0 spiro atoms. The van der Waals surface area contributed by atoms with E-state index in [1.165, 1.54) is 5.56 Å². The number of hydrogen-bond donors (Lipinski definition) is 2. The van der Waals surface area contributed by atoms with Crippen molar-refractivity contribution in [2.45, 2.75) is 12.3 Å². The monoisotopic (exact) mass is 267 g/mol. The summed E-state index contributed by atoms with van der Waals surface area (Å²) in [4.78, 5) is 15.6. The Morgan fingerprint density at radius 3 is 2.45 bits per heavy atom. The molecule has 1 aliphatic heterocycles. The quantitative estimate of drug-likeness (QED) is 0.897. The first kappa shape index (κ1) is 12.7. The number of hydrogen-bond acceptors (Lipinski definition) is 3. The molecule has 1 aromatic heterocycles. The molecule has 1 aromatic carbocycles. The molecule has 1 atom stereocenters. The van der Waals surface area contributed by atoms with Gasteiger partial charge in [0.15, 0.2) is 0 Å². The molecular weight excluding hydrogens is 250 g/mol. The molecule has 102 valence electrons. The molecule has 0 bridgehead atoms. The van der Waals surface area contributed by atoms with Crippen LogP contribution in [0.3, 0.4) is 0 Å². The summed E-state index contributed by atoms with van der Waals surface area (Å²) in [5.41, 5.74) is 3.45. The summed E-state index contributed by atoms with van der Waals surface area (Å²) in [6.07, 6.45) is 2.46. The number of rotatable bonds is 3. The van der Waals surface area contributed by atoms with Gasteiger partial charge in [0.05, 0.1) is 0 Å². The van der Waals surface area contributed by atoms with Crippen LogP contribution in [0.4, 0.5) is 5.82 Å². The van der Waals surface area contributed by atoms with Crippen LogP contribution in [0.15, 0.2) is 42.6 Å². The molecule has 1 amide bonds. The van der Waals surface area contributed by atoms with Gasteiger partial charge >= 0.3 is 0 Å². The van der Waals surface area contributed by atoms with Crippen molar-refractivity contribution in [3.8, 4) is 11.1 Å². The van der Waals surface area contributed by atoms with Crippen LogP contribution in [0.2, 0.25) is 0 Å². The minimum absolute atomic E-state index is 0.144. The summed E-state index contributed by atoms with van der Waals surface area (Å²) in [6.45, 7) is 0.747. The molecule has 0 aliphatic carbocycles. The third kappa shape index (κ3) is 2.50. The van der Waals surface area contributed by atoms with E-state index in [0.717, 1.165) is 23.5 Å². The number of anilines is 1. The maximum Gasteiger partial charge on any atom is 0.220 e. The highest BCUT2D eigenvalue weighted by atomic mass is 16.1. The van der Waals surface area contributed by atoms with Gasteiger partial charge in [-0.1, -0.05) is 24.3 Å². The zero-order chi connectivity index (χ0) is 13.9. The lowest BCUT2D eigenvalue weighted by Crippen LogP contribution is -2.13. The van der Waals surface area contributed by atoms with Crippen molar-refractivity contribution in [2.24, 2.45) is 0 Å². The topological polar surface area (TPSA) is 54.0 Å². The Bertz CT molecular complexity index is 605. The summed E-state index contributed by atoms with van der Waals surface area (Å²) in [5, 5.41) is 5.88. The summed E-state index contributed by atoms with van der Waals surface area (Å²) < 4.78 is 0. The second-order valence-electron chi connectivity index (χ2n) is 5.01. The summed E-state index contributed by atoms with van der Waals surface area (Å²) >= 11 is 0. The van der Waals surface area contributed by atoms with Crippen LogP contribution < -0.4 is 10.6 Å². The Morgan fingerprint density at radius 2 is 1.90 bits per heavy atom. The fraction of sp³-hybridized carbons (Fsp3) is 0.250. The van der Waals surface area contributed by atoms with E-state index >= 15 is 0 Å². The zero-order valence-corrected chi connectivity index (χ0v) is 11.4. The number of benzene rings is 1. The highest BCUT2D eigenvalue weighted by Gasteiger charge is 2.22. The van der Waals surface area contributed by atoms with E-state index in [0.29, 0.717) is 12.3 Å². The number of amides is 1. The van der Waals surface area contributed by atoms with Crippen LogP contribution in [0.5, 0.6) is 0 Å². The molecule has 1 aliphatic rings. The van der Waals surface area contributed by atoms with Gasteiger partial charge < -0.3 is 10.6 Å². The van der Waals surface area contributed by atoms with Gasteiger partial charge in [0.2, 0.25) is 5.91 Å². The fourth-order valence-electron chi connectivity index (χ4n) is 2.50. The minimum atomic E-state index is 0.144. The van der Waals surface area contributed by atoms with Gasteiger partial charge in [-0.3, -0.25) is 4.79 Å². The number of carbonyl (C=O) groups excluding carboxylic acids is 1. The van der Waals surface area contributed by atoms with Crippen molar-refractivity contribution in [1.29, 1.82) is 0 Å². The van der Waals surface area contributed by atoms with Crippen molar-refractivity contribution in [2.75, 3.05) is 18.9 Å². The molecule has 0 saturated carbocycles.